The fourth-order valence-electron chi connectivity index (χ4n) is 2.19. The van der Waals surface area contributed by atoms with Crippen LogP contribution in [0.3, 0.4) is 0 Å². The maximum absolute atomic E-state index is 10.2. The summed E-state index contributed by atoms with van der Waals surface area (Å²) in [5, 5.41) is 14.4. The number of hydrogen-bond acceptors (Lipinski definition) is 2. The van der Waals surface area contributed by atoms with E-state index in [1.165, 1.54) is 5.56 Å². The first-order valence-electron chi connectivity index (χ1n) is 6.51. The van der Waals surface area contributed by atoms with Crippen LogP contribution in [0.1, 0.15) is 45.7 Å². The molecule has 18 heavy (non-hydrogen) atoms. The number of nitrogens with one attached hydrogen (secondary N) is 1. The summed E-state index contributed by atoms with van der Waals surface area (Å²) in [7, 11) is 0. The van der Waals surface area contributed by atoms with E-state index in [0.717, 1.165) is 11.4 Å². The molecule has 0 bridgehead atoms. The summed E-state index contributed by atoms with van der Waals surface area (Å²) in [6, 6.07) is 8.01. The summed E-state index contributed by atoms with van der Waals surface area (Å²) in [6.07, 6.45) is 0.799. The summed E-state index contributed by atoms with van der Waals surface area (Å²) in [6.45, 7) is 8.81. The van der Waals surface area contributed by atoms with E-state index >= 15 is 0 Å². The lowest BCUT2D eigenvalue weighted by atomic mass is 9.94. The van der Waals surface area contributed by atoms with Gasteiger partial charge < -0.3 is 10.4 Å². The normalized spacial score (nSPS) is 16.6. The minimum absolute atomic E-state index is 0.209. The molecule has 0 heterocycles. The molecule has 102 valence electrons. The van der Waals surface area contributed by atoms with Gasteiger partial charge in [0, 0.05) is 17.6 Å². The van der Waals surface area contributed by atoms with Gasteiger partial charge in [0.25, 0.3) is 0 Å². The Morgan fingerprint density at radius 3 is 2.28 bits per heavy atom. The van der Waals surface area contributed by atoms with Crippen molar-refractivity contribution >= 4 is 11.6 Å². The molecule has 2 unspecified atom stereocenters. The Balaban J connectivity index is 2.50. The molecule has 0 aliphatic rings. The molecule has 0 amide bonds. The fraction of sp³-hybridized carbons (Fsp3) is 0.600. The lowest BCUT2D eigenvalue weighted by molar-refractivity contribution is 0.0363. The SMILES string of the molecule is CC(C)CC(C)(O)CNC(C)c1ccc(Cl)cc1. The predicted molar refractivity (Wildman–Crippen MR) is 77.9 cm³/mol. The molecule has 0 saturated carbocycles. The Bertz CT molecular complexity index is 359. The van der Waals surface area contributed by atoms with Crippen molar-refractivity contribution in [3.63, 3.8) is 0 Å². The molecular weight excluding hydrogens is 246 g/mol. The van der Waals surface area contributed by atoms with Gasteiger partial charge in [-0.3, -0.25) is 0 Å². The summed E-state index contributed by atoms with van der Waals surface area (Å²) >= 11 is 5.86. The third-order valence-corrected chi connectivity index (χ3v) is 3.26. The maximum Gasteiger partial charge on any atom is 0.0746 e. The van der Waals surface area contributed by atoms with Crippen molar-refractivity contribution in [3.05, 3.63) is 34.9 Å². The zero-order valence-corrected chi connectivity index (χ0v) is 12.5. The largest absolute Gasteiger partial charge is 0.389 e. The molecule has 2 atom stereocenters. The maximum atomic E-state index is 10.2. The van der Waals surface area contributed by atoms with Gasteiger partial charge in [-0.15, -0.1) is 0 Å². The third kappa shape index (κ3) is 5.38. The van der Waals surface area contributed by atoms with Gasteiger partial charge in [-0.05, 0) is 43.9 Å². The molecule has 3 heteroatoms. The third-order valence-electron chi connectivity index (χ3n) is 3.01. The topological polar surface area (TPSA) is 32.3 Å². The molecule has 1 rings (SSSR count). The van der Waals surface area contributed by atoms with Crippen LogP contribution in [0.25, 0.3) is 0 Å². The average Bonchev–Trinajstić information content (AvgIpc) is 2.25. The number of aliphatic hydroxyl groups is 1. The summed E-state index contributed by atoms with van der Waals surface area (Å²) in [4.78, 5) is 0. The van der Waals surface area contributed by atoms with Crippen LogP contribution in [0.4, 0.5) is 0 Å². The zero-order chi connectivity index (χ0) is 13.8. The van der Waals surface area contributed by atoms with Gasteiger partial charge in [0.2, 0.25) is 0 Å². The first kappa shape index (κ1) is 15.5. The van der Waals surface area contributed by atoms with E-state index in [9.17, 15) is 5.11 Å². The average molecular weight is 270 g/mol. The molecule has 2 nitrogen and oxygen atoms in total. The smallest absolute Gasteiger partial charge is 0.0746 e. The second kappa shape index (κ2) is 6.55. The molecule has 0 spiro atoms. The molecule has 1 aromatic carbocycles. The number of benzene rings is 1. The predicted octanol–water partition coefficient (Wildman–Crippen LogP) is 3.79. The van der Waals surface area contributed by atoms with Crippen LogP contribution in [-0.4, -0.2) is 17.3 Å². The molecule has 0 aliphatic carbocycles. The van der Waals surface area contributed by atoms with Crippen molar-refractivity contribution in [2.24, 2.45) is 5.92 Å². The minimum Gasteiger partial charge on any atom is -0.389 e. The van der Waals surface area contributed by atoms with Gasteiger partial charge in [0.1, 0.15) is 0 Å². The van der Waals surface area contributed by atoms with Crippen LogP contribution in [0, 0.1) is 5.92 Å². The van der Waals surface area contributed by atoms with E-state index in [1.54, 1.807) is 0 Å². The van der Waals surface area contributed by atoms with Crippen LogP contribution in [0.15, 0.2) is 24.3 Å². The molecule has 2 N–H and O–H groups in total. The lowest BCUT2D eigenvalue weighted by Crippen LogP contribution is -2.39. The Kier molecular flexibility index (Phi) is 5.64. The molecular formula is C15H24ClNO. The van der Waals surface area contributed by atoms with E-state index in [-0.39, 0.29) is 6.04 Å². The van der Waals surface area contributed by atoms with Crippen LogP contribution in [0.2, 0.25) is 5.02 Å². The molecule has 0 fully saturated rings. The van der Waals surface area contributed by atoms with E-state index in [2.05, 4.69) is 26.1 Å². The molecule has 0 aliphatic heterocycles. The van der Waals surface area contributed by atoms with E-state index < -0.39 is 5.60 Å². The molecule has 0 aromatic heterocycles. The Morgan fingerprint density at radius 1 is 1.22 bits per heavy atom. The Hall–Kier alpha value is -0.570. The van der Waals surface area contributed by atoms with Gasteiger partial charge in [0.05, 0.1) is 5.60 Å². The van der Waals surface area contributed by atoms with E-state index in [4.69, 9.17) is 11.6 Å². The van der Waals surface area contributed by atoms with Crippen molar-refractivity contribution < 1.29 is 5.11 Å². The van der Waals surface area contributed by atoms with Crippen molar-refractivity contribution in [2.75, 3.05) is 6.54 Å². The highest BCUT2D eigenvalue weighted by Gasteiger charge is 2.22. The highest BCUT2D eigenvalue weighted by atomic mass is 35.5. The van der Waals surface area contributed by atoms with Crippen LogP contribution in [0.5, 0.6) is 0 Å². The van der Waals surface area contributed by atoms with Crippen LogP contribution >= 0.6 is 11.6 Å². The van der Waals surface area contributed by atoms with Crippen LogP contribution < -0.4 is 5.32 Å². The monoisotopic (exact) mass is 269 g/mol. The minimum atomic E-state index is -0.658. The fourth-order valence-corrected chi connectivity index (χ4v) is 2.32. The van der Waals surface area contributed by atoms with Gasteiger partial charge in [-0.1, -0.05) is 37.6 Å². The summed E-state index contributed by atoms with van der Waals surface area (Å²) in [5.41, 5.74) is 0.522. The number of halogens is 1. The van der Waals surface area contributed by atoms with Crippen LogP contribution in [-0.2, 0) is 0 Å². The zero-order valence-electron chi connectivity index (χ0n) is 11.7. The van der Waals surface area contributed by atoms with Gasteiger partial charge >= 0.3 is 0 Å². The van der Waals surface area contributed by atoms with Gasteiger partial charge in [-0.25, -0.2) is 0 Å². The highest BCUT2D eigenvalue weighted by Crippen LogP contribution is 2.19. The van der Waals surface area contributed by atoms with Crippen molar-refractivity contribution in [2.45, 2.75) is 45.8 Å². The van der Waals surface area contributed by atoms with Gasteiger partial charge in [0.15, 0.2) is 0 Å². The number of rotatable bonds is 6. The highest BCUT2D eigenvalue weighted by molar-refractivity contribution is 6.30. The Labute approximate surface area is 115 Å². The molecule has 1 aromatic rings. The quantitative estimate of drug-likeness (QED) is 0.824. The lowest BCUT2D eigenvalue weighted by Gasteiger charge is -2.27. The van der Waals surface area contributed by atoms with E-state index in [0.29, 0.717) is 12.5 Å². The first-order valence-corrected chi connectivity index (χ1v) is 6.89. The number of hydrogen-bond donors (Lipinski definition) is 2. The van der Waals surface area contributed by atoms with Crippen molar-refractivity contribution in [1.82, 2.24) is 5.32 Å². The summed E-state index contributed by atoms with van der Waals surface area (Å²) < 4.78 is 0. The second-order valence-electron chi connectivity index (χ2n) is 5.75. The van der Waals surface area contributed by atoms with Gasteiger partial charge in [-0.2, -0.15) is 0 Å². The van der Waals surface area contributed by atoms with Crippen molar-refractivity contribution in [3.8, 4) is 0 Å². The Morgan fingerprint density at radius 2 is 1.78 bits per heavy atom. The first-order chi connectivity index (χ1) is 8.30. The summed E-state index contributed by atoms with van der Waals surface area (Å²) in [5.74, 6) is 0.493. The second-order valence-corrected chi connectivity index (χ2v) is 6.19. The van der Waals surface area contributed by atoms with Crippen molar-refractivity contribution in [1.29, 1.82) is 0 Å². The molecule has 0 saturated heterocycles. The standard InChI is InChI=1S/C15H24ClNO/c1-11(2)9-15(4,18)10-17-12(3)13-5-7-14(16)8-6-13/h5-8,11-12,17-18H,9-10H2,1-4H3. The van der Waals surface area contributed by atoms with E-state index in [1.807, 2.05) is 31.2 Å². The molecule has 0 radical (unpaired) electrons.